The topological polar surface area (TPSA) is 59.1 Å². The predicted molar refractivity (Wildman–Crippen MR) is 69.5 cm³/mol. The summed E-state index contributed by atoms with van der Waals surface area (Å²) in [4.78, 5) is 3.47. The van der Waals surface area contributed by atoms with Crippen LogP contribution in [0.3, 0.4) is 0 Å². The third-order valence-corrected chi connectivity index (χ3v) is 4.08. The van der Waals surface area contributed by atoms with Crippen molar-refractivity contribution in [2.24, 2.45) is 0 Å². The van der Waals surface area contributed by atoms with Gasteiger partial charge in [-0.05, 0) is 24.3 Å². The van der Waals surface area contributed by atoms with E-state index in [0.717, 1.165) is 17.8 Å². The van der Waals surface area contributed by atoms with E-state index < -0.39 is 26.6 Å². The Bertz CT molecular complexity index is 691. The second kappa shape index (κ2) is 6.06. The number of rotatable bonds is 5. The molecule has 1 N–H and O–H groups in total. The van der Waals surface area contributed by atoms with Crippen LogP contribution in [0, 0.1) is 11.6 Å². The van der Waals surface area contributed by atoms with E-state index >= 15 is 0 Å². The lowest BCUT2D eigenvalue weighted by molar-refractivity contribution is 0.543. The molecule has 0 aliphatic heterocycles. The minimum atomic E-state index is -4.00. The average Bonchev–Trinajstić information content (AvgIpc) is 2.39. The van der Waals surface area contributed by atoms with Gasteiger partial charge in [-0.15, -0.1) is 0 Å². The minimum Gasteiger partial charge on any atom is -0.261 e. The standard InChI is InChI=1S/C13H12F2N2O2S/c14-10-4-5-13(12(15)9-10)20(18,19)17-8-6-11-3-1-2-7-16-11/h1-5,7,9,17H,6,8H2. The molecule has 0 bridgehead atoms. The summed E-state index contributed by atoms with van der Waals surface area (Å²) in [5.41, 5.74) is 0.717. The van der Waals surface area contributed by atoms with Crippen LogP contribution in [-0.2, 0) is 16.4 Å². The van der Waals surface area contributed by atoms with Gasteiger partial charge in [0.15, 0.2) is 0 Å². The zero-order valence-electron chi connectivity index (χ0n) is 10.4. The number of aromatic nitrogens is 1. The Hall–Kier alpha value is -1.86. The molecule has 0 saturated heterocycles. The molecule has 0 amide bonds. The molecular weight excluding hydrogens is 286 g/mol. The highest BCUT2D eigenvalue weighted by Crippen LogP contribution is 2.15. The molecule has 0 fully saturated rings. The molecular formula is C13H12F2N2O2S. The number of halogens is 2. The van der Waals surface area contributed by atoms with Crippen LogP contribution in [0.25, 0.3) is 0 Å². The first-order valence-electron chi connectivity index (χ1n) is 5.84. The number of nitrogens with zero attached hydrogens (tertiary/aromatic N) is 1. The highest BCUT2D eigenvalue weighted by molar-refractivity contribution is 7.89. The van der Waals surface area contributed by atoms with Crippen LogP contribution in [0.5, 0.6) is 0 Å². The number of nitrogens with one attached hydrogen (secondary N) is 1. The summed E-state index contributed by atoms with van der Waals surface area (Å²) in [6.07, 6.45) is 1.98. The van der Waals surface area contributed by atoms with Crippen LogP contribution in [0.4, 0.5) is 8.78 Å². The van der Waals surface area contributed by atoms with Crippen LogP contribution in [0.15, 0.2) is 47.5 Å². The molecule has 1 aromatic heterocycles. The van der Waals surface area contributed by atoms with Crippen molar-refractivity contribution >= 4 is 10.0 Å². The Kier molecular flexibility index (Phi) is 4.41. The Balaban J connectivity index is 2.04. The molecule has 0 aliphatic carbocycles. The molecule has 1 heterocycles. The first-order valence-corrected chi connectivity index (χ1v) is 7.32. The first kappa shape index (κ1) is 14.5. The maximum absolute atomic E-state index is 13.4. The summed E-state index contributed by atoms with van der Waals surface area (Å²) in [6.45, 7) is 0.0795. The zero-order valence-corrected chi connectivity index (χ0v) is 11.2. The van der Waals surface area contributed by atoms with Crippen LogP contribution < -0.4 is 4.72 Å². The Morgan fingerprint density at radius 1 is 1.15 bits per heavy atom. The summed E-state index contributed by atoms with van der Waals surface area (Å²) in [7, 11) is -4.00. The maximum atomic E-state index is 13.4. The molecule has 0 atom stereocenters. The second-order valence-electron chi connectivity index (χ2n) is 4.04. The summed E-state index contributed by atoms with van der Waals surface area (Å²) in [6, 6.07) is 7.63. The molecule has 1 aromatic carbocycles. The lowest BCUT2D eigenvalue weighted by atomic mass is 10.3. The molecule has 4 nitrogen and oxygen atoms in total. The monoisotopic (exact) mass is 298 g/mol. The molecule has 0 radical (unpaired) electrons. The van der Waals surface area contributed by atoms with Crippen molar-refractivity contribution in [1.29, 1.82) is 0 Å². The Morgan fingerprint density at radius 2 is 1.95 bits per heavy atom. The number of hydrogen-bond donors (Lipinski definition) is 1. The van der Waals surface area contributed by atoms with Crippen molar-refractivity contribution in [3.8, 4) is 0 Å². The van der Waals surface area contributed by atoms with Gasteiger partial charge in [0.1, 0.15) is 16.5 Å². The number of sulfonamides is 1. The summed E-state index contributed by atoms with van der Waals surface area (Å²) in [5, 5.41) is 0. The van der Waals surface area contributed by atoms with E-state index in [4.69, 9.17) is 0 Å². The van der Waals surface area contributed by atoms with Gasteiger partial charge in [-0.1, -0.05) is 6.07 Å². The van der Waals surface area contributed by atoms with Gasteiger partial charge in [-0.25, -0.2) is 21.9 Å². The molecule has 0 aliphatic rings. The Morgan fingerprint density at radius 3 is 2.60 bits per heavy atom. The molecule has 0 unspecified atom stereocenters. The Labute approximate surface area is 115 Å². The summed E-state index contributed by atoms with van der Waals surface area (Å²) >= 11 is 0. The van der Waals surface area contributed by atoms with Crippen molar-refractivity contribution in [1.82, 2.24) is 9.71 Å². The van der Waals surface area contributed by atoms with Crippen molar-refractivity contribution < 1.29 is 17.2 Å². The smallest absolute Gasteiger partial charge is 0.243 e. The van der Waals surface area contributed by atoms with Gasteiger partial charge in [-0.2, -0.15) is 0 Å². The quantitative estimate of drug-likeness (QED) is 0.917. The van der Waals surface area contributed by atoms with Crippen LogP contribution in [-0.4, -0.2) is 19.9 Å². The number of pyridine rings is 1. The van der Waals surface area contributed by atoms with Crippen molar-refractivity contribution in [3.63, 3.8) is 0 Å². The molecule has 7 heteroatoms. The van der Waals surface area contributed by atoms with Crippen molar-refractivity contribution in [2.45, 2.75) is 11.3 Å². The van der Waals surface area contributed by atoms with Crippen molar-refractivity contribution in [2.75, 3.05) is 6.54 Å². The molecule has 106 valence electrons. The van der Waals surface area contributed by atoms with Gasteiger partial charge in [0.05, 0.1) is 0 Å². The minimum absolute atomic E-state index is 0.0795. The fourth-order valence-corrected chi connectivity index (χ4v) is 2.72. The van der Waals surface area contributed by atoms with E-state index in [2.05, 4.69) is 9.71 Å². The fourth-order valence-electron chi connectivity index (χ4n) is 1.63. The number of benzene rings is 1. The maximum Gasteiger partial charge on any atom is 0.243 e. The SMILES string of the molecule is O=S(=O)(NCCc1ccccn1)c1ccc(F)cc1F. The van der Waals surface area contributed by atoms with Crippen LogP contribution in [0.1, 0.15) is 5.69 Å². The van der Waals surface area contributed by atoms with Crippen LogP contribution >= 0.6 is 0 Å². The molecule has 0 spiro atoms. The lowest BCUT2D eigenvalue weighted by Crippen LogP contribution is -2.27. The van der Waals surface area contributed by atoms with Gasteiger partial charge in [0.25, 0.3) is 0 Å². The third-order valence-electron chi connectivity index (χ3n) is 2.58. The van der Waals surface area contributed by atoms with E-state index in [1.165, 1.54) is 0 Å². The second-order valence-corrected chi connectivity index (χ2v) is 5.78. The van der Waals surface area contributed by atoms with E-state index in [-0.39, 0.29) is 6.54 Å². The molecule has 2 rings (SSSR count). The van der Waals surface area contributed by atoms with Crippen molar-refractivity contribution in [3.05, 3.63) is 59.9 Å². The van der Waals surface area contributed by atoms with E-state index in [9.17, 15) is 17.2 Å². The molecule has 0 saturated carbocycles. The van der Waals surface area contributed by atoms with Gasteiger partial charge in [0.2, 0.25) is 10.0 Å². The summed E-state index contributed by atoms with van der Waals surface area (Å²) in [5.74, 6) is -1.94. The van der Waals surface area contributed by atoms with Crippen LogP contribution in [0.2, 0.25) is 0 Å². The number of hydrogen-bond acceptors (Lipinski definition) is 3. The normalized spacial score (nSPS) is 11.5. The average molecular weight is 298 g/mol. The summed E-state index contributed by atoms with van der Waals surface area (Å²) < 4.78 is 52.1. The molecule has 2 aromatic rings. The third kappa shape index (κ3) is 3.58. The fraction of sp³-hybridized carbons (Fsp3) is 0.154. The highest BCUT2D eigenvalue weighted by Gasteiger charge is 2.18. The van der Waals surface area contributed by atoms with Gasteiger partial charge in [0, 0.05) is 30.9 Å². The first-order chi connectivity index (χ1) is 9.49. The highest BCUT2D eigenvalue weighted by atomic mass is 32.2. The van der Waals surface area contributed by atoms with E-state index in [1.54, 1.807) is 24.4 Å². The van der Waals surface area contributed by atoms with Gasteiger partial charge >= 0.3 is 0 Å². The predicted octanol–water partition coefficient (Wildman–Crippen LogP) is 1.88. The van der Waals surface area contributed by atoms with Gasteiger partial charge in [-0.3, -0.25) is 4.98 Å². The largest absolute Gasteiger partial charge is 0.261 e. The molecule has 20 heavy (non-hydrogen) atoms. The lowest BCUT2D eigenvalue weighted by Gasteiger charge is -2.07. The van der Waals surface area contributed by atoms with E-state index in [0.29, 0.717) is 12.5 Å². The van der Waals surface area contributed by atoms with E-state index in [1.807, 2.05) is 0 Å². The van der Waals surface area contributed by atoms with Gasteiger partial charge < -0.3 is 0 Å². The zero-order chi connectivity index (χ0) is 14.6.